The molecule has 0 saturated carbocycles. The second-order valence-corrected chi connectivity index (χ2v) is 13.2. The molecule has 6 nitrogen and oxygen atoms in total. The highest BCUT2D eigenvalue weighted by molar-refractivity contribution is 7.86. The van der Waals surface area contributed by atoms with Crippen LogP contribution in [0.3, 0.4) is 0 Å². The molecule has 7 heteroatoms. The van der Waals surface area contributed by atoms with E-state index in [1.165, 1.54) is 77.0 Å². The zero-order valence-electron chi connectivity index (χ0n) is 25.6. The minimum atomic E-state index is -3.66. The van der Waals surface area contributed by atoms with E-state index in [-0.39, 0.29) is 17.6 Å². The van der Waals surface area contributed by atoms with Crippen molar-refractivity contribution >= 4 is 10.1 Å². The Morgan fingerprint density at radius 3 is 1.77 bits per heavy atom. The maximum Gasteiger partial charge on any atom is 0.296 e. The van der Waals surface area contributed by atoms with Gasteiger partial charge >= 0.3 is 0 Å². The Hall–Kier alpha value is -0.990. The van der Waals surface area contributed by atoms with Gasteiger partial charge in [-0.3, -0.25) is 4.18 Å². The molecular formula is C33H58O6S. The Morgan fingerprint density at radius 1 is 0.700 bits per heavy atom. The summed E-state index contributed by atoms with van der Waals surface area (Å²) in [5.74, 6) is 0.488. The first kappa shape index (κ1) is 35.2. The fraction of sp³-hybridized carbons (Fsp3) is 0.818. The van der Waals surface area contributed by atoms with Crippen molar-refractivity contribution in [3.05, 3.63) is 29.8 Å². The number of ether oxygens (including phenoxy) is 3. The molecule has 2 atom stereocenters. The Kier molecular flexibility index (Phi) is 19.9. The summed E-state index contributed by atoms with van der Waals surface area (Å²) in [4.78, 5) is 0.217. The molecule has 1 aromatic carbocycles. The predicted molar refractivity (Wildman–Crippen MR) is 163 cm³/mol. The first-order valence-electron chi connectivity index (χ1n) is 16.2. The molecule has 1 saturated heterocycles. The Balaban J connectivity index is 1.32. The van der Waals surface area contributed by atoms with E-state index in [1.807, 2.05) is 6.92 Å². The van der Waals surface area contributed by atoms with Gasteiger partial charge in [0.15, 0.2) is 0 Å². The molecular weight excluding hydrogens is 524 g/mol. The zero-order valence-corrected chi connectivity index (χ0v) is 26.4. The number of hydrogen-bond acceptors (Lipinski definition) is 6. The van der Waals surface area contributed by atoms with Crippen molar-refractivity contribution in [2.24, 2.45) is 5.92 Å². The second-order valence-electron chi connectivity index (χ2n) is 11.6. The van der Waals surface area contributed by atoms with Gasteiger partial charge in [0.25, 0.3) is 10.1 Å². The van der Waals surface area contributed by atoms with Crippen LogP contribution in [0.5, 0.6) is 0 Å². The van der Waals surface area contributed by atoms with Crippen LogP contribution in [0.2, 0.25) is 0 Å². The highest BCUT2D eigenvalue weighted by atomic mass is 32.2. The average molecular weight is 583 g/mol. The van der Waals surface area contributed by atoms with Crippen LogP contribution < -0.4 is 0 Å². The van der Waals surface area contributed by atoms with Crippen molar-refractivity contribution in [2.45, 2.75) is 134 Å². The third-order valence-corrected chi connectivity index (χ3v) is 9.02. The van der Waals surface area contributed by atoms with Gasteiger partial charge in [-0.25, -0.2) is 0 Å². The number of hydrogen-bond donors (Lipinski definition) is 0. The average Bonchev–Trinajstić information content (AvgIpc) is 3.40. The molecule has 0 N–H and O–H groups in total. The molecule has 2 rings (SSSR count). The summed E-state index contributed by atoms with van der Waals surface area (Å²) < 4.78 is 47.2. The quantitative estimate of drug-likeness (QED) is 0.0807. The molecule has 0 amide bonds. The van der Waals surface area contributed by atoms with Crippen LogP contribution in [-0.4, -0.2) is 54.2 Å². The normalized spacial score (nSPS) is 17.6. The van der Waals surface area contributed by atoms with Gasteiger partial charge in [0.05, 0.1) is 37.4 Å². The van der Waals surface area contributed by atoms with Crippen molar-refractivity contribution in [3.63, 3.8) is 0 Å². The molecule has 1 aliphatic rings. The van der Waals surface area contributed by atoms with Gasteiger partial charge in [-0.2, -0.15) is 8.42 Å². The van der Waals surface area contributed by atoms with E-state index in [4.69, 9.17) is 18.4 Å². The van der Waals surface area contributed by atoms with E-state index in [0.29, 0.717) is 19.1 Å². The third-order valence-electron chi connectivity index (χ3n) is 7.69. The highest BCUT2D eigenvalue weighted by Crippen LogP contribution is 2.21. The number of unbranched alkanes of at least 4 members (excludes halogenated alkanes) is 14. The van der Waals surface area contributed by atoms with E-state index >= 15 is 0 Å². The van der Waals surface area contributed by atoms with Crippen LogP contribution in [0.4, 0.5) is 0 Å². The zero-order chi connectivity index (χ0) is 28.7. The first-order valence-corrected chi connectivity index (χ1v) is 17.6. The molecule has 40 heavy (non-hydrogen) atoms. The van der Waals surface area contributed by atoms with Gasteiger partial charge < -0.3 is 14.2 Å². The van der Waals surface area contributed by atoms with Crippen molar-refractivity contribution in [3.8, 4) is 0 Å². The van der Waals surface area contributed by atoms with Gasteiger partial charge in [-0.15, -0.1) is 0 Å². The topological polar surface area (TPSA) is 71.1 Å². The summed E-state index contributed by atoms with van der Waals surface area (Å²) in [5.41, 5.74) is 1.02. The van der Waals surface area contributed by atoms with E-state index < -0.39 is 10.1 Å². The minimum Gasteiger partial charge on any atom is -0.381 e. The standard InChI is InChI=1S/C33H58O6S/c1-3-4-5-6-7-8-9-10-11-12-13-16-23-36-27-31-26-32(38-28-31)29-37-24-17-14-15-18-25-39-40(34,35)33-21-19-30(2)20-22-33/h19-22,31-32H,3-18,23-29H2,1-2H3/t31-,32-/m0/s1. The lowest BCUT2D eigenvalue weighted by atomic mass is 10.1. The fourth-order valence-corrected chi connectivity index (χ4v) is 6.07. The summed E-state index contributed by atoms with van der Waals surface area (Å²) >= 11 is 0. The van der Waals surface area contributed by atoms with Crippen molar-refractivity contribution in [1.82, 2.24) is 0 Å². The van der Waals surface area contributed by atoms with E-state index in [2.05, 4.69) is 6.92 Å². The molecule has 0 radical (unpaired) electrons. The molecule has 1 aliphatic heterocycles. The van der Waals surface area contributed by atoms with E-state index in [9.17, 15) is 8.42 Å². The second kappa shape index (κ2) is 22.6. The maximum absolute atomic E-state index is 12.2. The summed E-state index contributed by atoms with van der Waals surface area (Å²) in [7, 11) is -3.66. The van der Waals surface area contributed by atoms with E-state index in [0.717, 1.165) is 57.5 Å². The molecule has 0 aliphatic carbocycles. The number of rotatable bonds is 26. The third kappa shape index (κ3) is 17.1. The largest absolute Gasteiger partial charge is 0.381 e. The predicted octanol–water partition coefficient (Wildman–Crippen LogP) is 8.40. The summed E-state index contributed by atoms with van der Waals surface area (Å²) in [6.45, 7) is 8.23. The first-order chi connectivity index (χ1) is 19.5. The van der Waals surface area contributed by atoms with Gasteiger partial charge in [-0.05, 0) is 44.7 Å². The Morgan fingerprint density at radius 2 is 1.20 bits per heavy atom. The SMILES string of the molecule is CCCCCCCCCCCCCCOC[C@H]1CO[C@H](COCCCCCCOS(=O)(=O)c2ccc(C)cc2)C1. The van der Waals surface area contributed by atoms with Crippen molar-refractivity contribution in [1.29, 1.82) is 0 Å². The smallest absolute Gasteiger partial charge is 0.296 e. The Bertz CT molecular complexity index is 826. The molecule has 0 bridgehead atoms. The summed E-state index contributed by atoms with van der Waals surface area (Å²) in [5, 5.41) is 0. The Labute approximate surface area is 246 Å². The molecule has 1 fully saturated rings. The molecule has 232 valence electrons. The van der Waals surface area contributed by atoms with Gasteiger partial charge in [-0.1, -0.05) is 108 Å². The van der Waals surface area contributed by atoms with Gasteiger partial charge in [0, 0.05) is 19.1 Å². The van der Waals surface area contributed by atoms with Gasteiger partial charge in [0.2, 0.25) is 0 Å². The van der Waals surface area contributed by atoms with Crippen LogP contribution in [0, 0.1) is 12.8 Å². The molecule has 0 aromatic heterocycles. The minimum absolute atomic E-state index is 0.181. The number of aryl methyl sites for hydroxylation is 1. The van der Waals surface area contributed by atoms with Crippen LogP contribution in [0.15, 0.2) is 29.2 Å². The molecule has 0 spiro atoms. The van der Waals surface area contributed by atoms with Crippen molar-refractivity contribution < 1.29 is 26.8 Å². The maximum atomic E-state index is 12.2. The number of benzene rings is 1. The molecule has 1 heterocycles. The van der Waals surface area contributed by atoms with E-state index in [1.54, 1.807) is 24.3 Å². The molecule has 1 aromatic rings. The summed E-state index contributed by atoms with van der Waals surface area (Å²) in [6.07, 6.45) is 21.2. The van der Waals surface area contributed by atoms with Crippen LogP contribution in [0.25, 0.3) is 0 Å². The van der Waals surface area contributed by atoms with Crippen LogP contribution in [0.1, 0.15) is 122 Å². The summed E-state index contributed by atoms with van der Waals surface area (Å²) in [6, 6.07) is 6.74. The lowest BCUT2D eigenvalue weighted by Crippen LogP contribution is -2.15. The van der Waals surface area contributed by atoms with Crippen LogP contribution in [-0.2, 0) is 28.5 Å². The van der Waals surface area contributed by atoms with Gasteiger partial charge in [0.1, 0.15) is 0 Å². The van der Waals surface area contributed by atoms with Crippen LogP contribution >= 0.6 is 0 Å². The monoisotopic (exact) mass is 582 g/mol. The fourth-order valence-electron chi connectivity index (χ4n) is 5.12. The molecule has 0 unspecified atom stereocenters. The lowest BCUT2D eigenvalue weighted by molar-refractivity contribution is 0.0140. The van der Waals surface area contributed by atoms with Crippen molar-refractivity contribution in [2.75, 3.05) is 39.6 Å². The lowest BCUT2D eigenvalue weighted by Gasteiger charge is -2.11. The highest BCUT2D eigenvalue weighted by Gasteiger charge is 2.25.